The van der Waals surface area contributed by atoms with Crippen molar-refractivity contribution < 1.29 is 9.53 Å². The van der Waals surface area contributed by atoms with Crippen LogP contribution in [0.1, 0.15) is 25.8 Å². The summed E-state index contributed by atoms with van der Waals surface area (Å²) in [6.45, 7) is 5.25. The number of nitrogens with two attached hydrogens (primary N) is 1. The van der Waals surface area contributed by atoms with Crippen molar-refractivity contribution in [2.45, 2.75) is 38.5 Å². The Hall–Kier alpha value is -0.910. The van der Waals surface area contributed by atoms with Gasteiger partial charge in [0.2, 0.25) is 5.91 Å². The highest BCUT2D eigenvalue weighted by Crippen LogP contribution is 2.58. The SMILES string of the molecule is CC1(C)C2OCCC2C1(N)C(=O)NCc1cccc(Br)c1. The predicted octanol–water partition coefficient (Wildman–Crippen LogP) is 2.21. The van der Waals surface area contributed by atoms with Crippen LogP contribution >= 0.6 is 15.9 Å². The minimum atomic E-state index is -0.833. The highest BCUT2D eigenvalue weighted by Gasteiger charge is 2.71. The first-order chi connectivity index (χ1) is 9.87. The number of nitrogens with one attached hydrogen (secondary N) is 1. The zero-order valence-corrected chi connectivity index (χ0v) is 13.9. The van der Waals surface area contributed by atoms with Crippen molar-refractivity contribution >= 4 is 21.8 Å². The maximum absolute atomic E-state index is 12.7. The van der Waals surface area contributed by atoms with Gasteiger partial charge in [0, 0.05) is 29.0 Å². The second kappa shape index (κ2) is 5.07. The number of carbonyl (C=O) groups excluding carboxylic acids is 1. The summed E-state index contributed by atoms with van der Waals surface area (Å²) >= 11 is 3.43. The first-order valence-corrected chi connectivity index (χ1v) is 8.10. The summed E-state index contributed by atoms with van der Waals surface area (Å²) in [5.74, 6) is 0.0641. The number of amides is 1. The Bertz CT molecular complexity index is 575. The van der Waals surface area contributed by atoms with Gasteiger partial charge in [-0.05, 0) is 24.1 Å². The monoisotopic (exact) mass is 352 g/mol. The van der Waals surface area contributed by atoms with Crippen molar-refractivity contribution in [3.8, 4) is 0 Å². The third-order valence-corrected chi connectivity index (χ3v) is 5.67. The molecule has 1 heterocycles. The molecule has 2 aliphatic rings. The van der Waals surface area contributed by atoms with Crippen LogP contribution in [0.3, 0.4) is 0 Å². The minimum absolute atomic E-state index is 0.0702. The van der Waals surface area contributed by atoms with Gasteiger partial charge in [0.05, 0.1) is 6.10 Å². The topological polar surface area (TPSA) is 64.3 Å². The largest absolute Gasteiger partial charge is 0.377 e. The Labute approximate surface area is 133 Å². The summed E-state index contributed by atoms with van der Waals surface area (Å²) < 4.78 is 6.73. The quantitative estimate of drug-likeness (QED) is 0.876. The molecule has 5 heteroatoms. The van der Waals surface area contributed by atoms with Crippen molar-refractivity contribution in [3.05, 3.63) is 34.3 Å². The molecule has 1 aliphatic carbocycles. The molecule has 1 saturated heterocycles. The van der Waals surface area contributed by atoms with Crippen LogP contribution in [0.15, 0.2) is 28.7 Å². The van der Waals surface area contributed by atoms with Crippen molar-refractivity contribution in [2.75, 3.05) is 6.61 Å². The Kier molecular flexibility index (Phi) is 3.62. The van der Waals surface area contributed by atoms with E-state index in [1.807, 2.05) is 38.1 Å². The van der Waals surface area contributed by atoms with E-state index < -0.39 is 5.54 Å². The molecule has 1 aliphatic heterocycles. The van der Waals surface area contributed by atoms with Gasteiger partial charge in [0.15, 0.2) is 0 Å². The lowest BCUT2D eigenvalue weighted by atomic mass is 9.48. The number of hydrogen-bond acceptors (Lipinski definition) is 3. The van der Waals surface area contributed by atoms with Gasteiger partial charge in [-0.3, -0.25) is 4.79 Å². The second-order valence-corrected chi connectivity index (χ2v) is 7.51. The molecule has 0 bridgehead atoms. The van der Waals surface area contributed by atoms with Crippen molar-refractivity contribution in [3.63, 3.8) is 0 Å². The van der Waals surface area contributed by atoms with Crippen LogP contribution in [0.5, 0.6) is 0 Å². The standard InChI is InChI=1S/C16H21BrN2O2/c1-15(2)13-12(6-7-21-13)16(15,18)14(20)19-9-10-4-3-5-11(17)8-10/h3-5,8,12-13H,6-7,9,18H2,1-2H3,(H,19,20). The molecular weight excluding hydrogens is 332 g/mol. The zero-order chi connectivity index (χ0) is 15.3. The van der Waals surface area contributed by atoms with E-state index in [0.29, 0.717) is 13.2 Å². The minimum Gasteiger partial charge on any atom is -0.377 e. The first kappa shape index (κ1) is 15.0. The van der Waals surface area contributed by atoms with E-state index >= 15 is 0 Å². The average Bonchev–Trinajstić information content (AvgIpc) is 2.92. The summed E-state index contributed by atoms with van der Waals surface area (Å²) in [5.41, 5.74) is 6.40. The van der Waals surface area contributed by atoms with E-state index in [1.165, 1.54) is 0 Å². The number of benzene rings is 1. The molecule has 3 atom stereocenters. The molecule has 114 valence electrons. The summed E-state index contributed by atoms with van der Waals surface area (Å²) in [4.78, 5) is 12.7. The molecule has 1 amide bonds. The van der Waals surface area contributed by atoms with Crippen molar-refractivity contribution in [1.82, 2.24) is 5.32 Å². The predicted molar refractivity (Wildman–Crippen MR) is 84.5 cm³/mol. The lowest BCUT2D eigenvalue weighted by Gasteiger charge is -2.60. The molecule has 0 aromatic heterocycles. The Morgan fingerprint density at radius 3 is 3.00 bits per heavy atom. The fraction of sp³-hybridized carbons (Fsp3) is 0.562. The average molecular weight is 353 g/mol. The first-order valence-electron chi connectivity index (χ1n) is 7.30. The van der Waals surface area contributed by atoms with E-state index in [0.717, 1.165) is 16.5 Å². The fourth-order valence-electron chi connectivity index (χ4n) is 3.82. The van der Waals surface area contributed by atoms with Gasteiger partial charge in [-0.25, -0.2) is 0 Å². The summed E-state index contributed by atoms with van der Waals surface area (Å²) in [7, 11) is 0. The van der Waals surface area contributed by atoms with E-state index in [2.05, 4.69) is 21.2 Å². The lowest BCUT2D eigenvalue weighted by molar-refractivity contribution is -0.175. The second-order valence-electron chi connectivity index (χ2n) is 6.59. The molecule has 1 saturated carbocycles. The summed E-state index contributed by atoms with van der Waals surface area (Å²) in [6.07, 6.45) is 0.980. The number of ether oxygens (including phenoxy) is 1. The summed E-state index contributed by atoms with van der Waals surface area (Å²) in [5, 5.41) is 3.00. The number of hydrogen-bond donors (Lipinski definition) is 2. The number of rotatable bonds is 3. The Balaban J connectivity index is 1.70. The molecule has 1 aromatic carbocycles. The fourth-order valence-corrected chi connectivity index (χ4v) is 4.27. The maximum Gasteiger partial charge on any atom is 0.241 e. The highest BCUT2D eigenvalue weighted by molar-refractivity contribution is 9.10. The molecule has 3 unspecified atom stereocenters. The van der Waals surface area contributed by atoms with Gasteiger partial charge in [-0.15, -0.1) is 0 Å². The van der Waals surface area contributed by atoms with Crippen LogP contribution in [0.2, 0.25) is 0 Å². The van der Waals surface area contributed by atoms with Gasteiger partial charge >= 0.3 is 0 Å². The zero-order valence-electron chi connectivity index (χ0n) is 12.4. The normalized spacial score (nSPS) is 33.1. The van der Waals surface area contributed by atoms with Crippen LogP contribution in [0.4, 0.5) is 0 Å². The van der Waals surface area contributed by atoms with Crippen LogP contribution in [0, 0.1) is 11.3 Å². The number of halogens is 1. The smallest absolute Gasteiger partial charge is 0.241 e. The molecule has 3 rings (SSSR count). The van der Waals surface area contributed by atoms with E-state index in [1.54, 1.807) is 0 Å². The van der Waals surface area contributed by atoms with Gasteiger partial charge in [0.1, 0.15) is 5.54 Å². The third-order valence-electron chi connectivity index (χ3n) is 5.17. The van der Waals surface area contributed by atoms with Gasteiger partial charge in [-0.2, -0.15) is 0 Å². The highest BCUT2D eigenvalue weighted by atomic mass is 79.9. The van der Waals surface area contributed by atoms with E-state index in [-0.39, 0.29) is 23.3 Å². The molecule has 4 nitrogen and oxygen atoms in total. The molecule has 1 aromatic rings. The Morgan fingerprint density at radius 1 is 1.52 bits per heavy atom. The maximum atomic E-state index is 12.7. The molecule has 0 spiro atoms. The third kappa shape index (κ3) is 2.14. The van der Waals surface area contributed by atoms with Crippen LogP contribution in [0.25, 0.3) is 0 Å². The number of carbonyl (C=O) groups is 1. The Morgan fingerprint density at radius 2 is 2.29 bits per heavy atom. The van der Waals surface area contributed by atoms with Crippen molar-refractivity contribution in [1.29, 1.82) is 0 Å². The van der Waals surface area contributed by atoms with Gasteiger partial charge < -0.3 is 15.8 Å². The van der Waals surface area contributed by atoms with E-state index in [9.17, 15) is 4.79 Å². The van der Waals surface area contributed by atoms with Gasteiger partial charge in [0.25, 0.3) is 0 Å². The molecule has 0 radical (unpaired) electrons. The van der Waals surface area contributed by atoms with Crippen LogP contribution < -0.4 is 11.1 Å². The lowest BCUT2D eigenvalue weighted by Crippen LogP contribution is -2.80. The molecule has 2 fully saturated rings. The van der Waals surface area contributed by atoms with Crippen molar-refractivity contribution in [2.24, 2.45) is 17.1 Å². The van der Waals surface area contributed by atoms with Gasteiger partial charge in [-0.1, -0.05) is 41.9 Å². The molecular formula is C16H21BrN2O2. The van der Waals surface area contributed by atoms with Crippen LogP contribution in [-0.4, -0.2) is 24.2 Å². The number of fused-ring (bicyclic) bond motifs is 1. The molecule has 3 N–H and O–H groups in total. The summed E-state index contributed by atoms with van der Waals surface area (Å²) in [6, 6.07) is 7.90. The van der Waals surface area contributed by atoms with Crippen LogP contribution in [-0.2, 0) is 16.1 Å². The molecule has 21 heavy (non-hydrogen) atoms. The van der Waals surface area contributed by atoms with E-state index in [4.69, 9.17) is 10.5 Å².